The van der Waals surface area contributed by atoms with Gasteiger partial charge in [-0.15, -0.1) is 0 Å². The second kappa shape index (κ2) is 29.2. The van der Waals surface area contributed by atoms with Gasteiger partial charge in [-0.05, 0) is 17.9 Å². The molecular formula is C38H70. The van der Waals surface area contributed by atoms with Gasteiger partial charge in [0.05, 0.1) is 0 Å². The molecule has 0 bridgehead atoms. The summed E-state index contributed by atoms with van der Waals surface area (Å²) in [4.78, 5) is 0. The Labute approximate surface area is 241 Å². The monoisotopic (exact) mass is 527 g/mol. The maximum atomic E-state index is 2.39. The molecule has 38 heavy (non-hydrogen) atoms. The average Bonchev–Trinajstić information content (AvgIpc) is 2.95. The van der Waals surface area contributed by atoms with Gasteiger partial charge >= 0.3 is 0 Å². The summed E-state index contributed by atoms with van der Waals surface area (Å²) in [6.45, 7) is 4.69. The summed E-state index contributed by atoms with van der Waals surface area (Å²) in [5.74, 6) is 0.722. The minimum atomic E-state index is 0.722. The molecule has 1 unspecified atom stereocenters. The quantitative estimate of drug-likeness (QED) is 0.0874. The molecule has 0 heteroatoms. The van der Waals surface area contributed by atoms with Crippen molar-refractivity contribution >= 4 is 0 Å². The minimum Gasteiger partial charge on any atom is -0.0654 e. The zero-order chi connectivity index (χ0) is 27.2. The lowest BCUT2D eigenvalue weighted by atomic mass is 9.95. The van der Waals surface area contributed by atoms with Crippen molar-refractivity contribution in [1.29, 1.82) is 0 Å². The molecule has 1 rings (SSSR count). The van der Waals surface area contributed by atoms with E-state index in [2.05, 4.69) is 44.2 Å². The van der Waals surface area contributed by atoms with Crippen LogP contribution < -0.4 is 0 Å². The van der Waals surface area contributed by atoms with Gasteiger partial charge in [0.15, 0.2) is 0 Å². The standard InChI is InChI=1S/C38H70/c1-3-4-5-6-7-8-9-10-11-12-13-14-15-16-17-18-19-20-21-22-23-24-25-26-27-28-29-31-34-37(2)38-35-32-30-33-36-38/h30,32-33,35-37H,3-29,31,34H2,1-2H3. The lowest BCUT2D eigenvalue weighted by molar-refractivity contribution is 0.511. The van der Waals surface area contributed by atoms with Crippen molar-refractivity contribution in [3.8, 4) is 0 Å². The first-order valence-corrected chi connectivity index (χ1v) is 17.9. The van der Waals surface area contributed by atoms with Crippen LogP contribution in [-0.2, 0) is 0 Å². The molecule has 0 spiro atoms. The Bertz CT molecular complexity index is 546. The van der Waals surface area contributed by atoms with Crippen LogP contribution in [0, 0.1) is 0 Å². The van der Waals surface area contributed by atoms with Crippen LogP contribution in [0.15, 0.2) is 30.3 Å². The van der Waals surface area contributed by atoms with Crippen LogP contribution in [0.4, 0.5) is 0 Å². The van der Waals surface area contributed by atoms with Gasteiger partial charge in [-0.2, -0.15) is 0 Å². The summed E-state index contributed by atoms with van der Waals surface area (Å²) in [6, 6.07) is 11.0. The third-order valence-corrected chi connectivity index (χ3v) is 8.86. The molecule has 222 valence electrons. The molecule has 0 aliphatic heterocycles. The van der Waals surface area contributed by atoms with Crippen molar-refractivity contribution in [2.24, 2.45) is 0 Å². The Morgan fingerprint density at radius 1 is 0.368 bits per heavy atom. The number of hydrogen-bond donors (Lipinski definition) is 0. The van der Waals surface area contributed by atoms with Crippen molar-refractivity contribution in [3.05, 3.63) is 35.9 Å². The predicted octanol–water partition coefficient (Wildman–Crippen LogP) is 14.1. The van der Waals surface area contributed by atoms with Crippen LogP contribution in [0.3, 0.4) is 0 Å². The number of benzene rings is 1. The molecule has 0 aromatic heterocycles. The number of unbranched alkanes of at least 4 members (excludes halogenated alkanes) is 27. The van der Waals surface area contributed by atoms with Crippen LogP contribution in [0.25, 0.3) is 0 Å². The average molecular weight is 527 g/mol. The van der Waals surface area contributed by atoms with Crippen molar-refractivity contribution in [2.75, 3.05) is 0 Å². The lowest BCUT2D eigenvalue weighted by Crippen LogP contribution is -1.93. The van der Waals surface area contributed by atoms with Gasteiger partial charge in [0.1, 0.15) is 0 Å². The highest BCUT2D eigenvalue weighted by Gasteiger charge is 2.04. The van der Waals surface area contributed by atoms with E-state index < -0.39 is 0 Å². The lowest BCUT2D eigenvalue weighted by Gasteiger charge is -2.11. The van der Waals surface area contributed by atoms with E-state index in [1.54, 1.807) is 0 Å². The predicted molar refractivity (Wildman–Crippen MR) is 174 cm³/mol. The summed E-state index contributed by atoms with van der Waals surface area (Å²) < 4.78 is 0. The largest absolute Gasteiger partial charge is 0.0654 e. The van der Waals surface area contributed by atoms with E-state index in [1.807, 2.05) is 0 Å². The van der Waals surface area contributed by atoms with Gasteiger partial charge in [0.25, 0.3) is 0 Å². The zero-order valence-corrected chi connectivity index (χ0v) is 26.5. The highest BCUT2D eigenvalue weighted by Crippen LogP contribution is 2.22. The third-order valence-electron chi connectivity index (χ3n) is 8.86. The Morgan fingerprint density at radius 2 is 0.632 bits per heavy atom. The summed E-state index contributed by atoms with van der Waals surface area (Å²) in [5, 5.41) is 0. The van der Waals surface area contributed by atoms with Gasteiger partial charge in [0.2, 0.25) is 0 Å². The SMILES string of the molecule is CCCCCCCCCCCCCCCCCCCCCCCCCCCCCCC(C)c1ccccc1. The molecule has 0 heterocycles. The smallest absolute Gasteiger partial charge is 0.0190 e. The first-order valence-electron chi connectivity index (χ1n) is 17.9. The molecule has 1 atom stereocenters. The number of rotatable bonds is 30. The van der Waals surface area contributed by atoms with E-state index in [0.29, 0.717) is 0 Å². The molecule has 0 saturated heterocycles. The van der Waals surface area contributed by atoms with E-state index in [9.17, 15) is 0 Å². The summed E-state index contributed by atoms with van der Waals surface area (Å²) in [6.07, 6.45) is 42.5. The van der Waals surface area contributed by atoms with Gasteiger partial charge in [-0.3, -0.25) is 0 Å². The van der Waals surface area contributed by atoms with Crippen molar-refractivity contribution < 1.29 is 0 Å². The Balaban J connectivity index is 1.66. The fraction of sp³-hybridized carbons (Fsp3) is 0.842. The van der Waals surface area contributed by atoms with E-state index >= 15 is 0 Å². The molecule has 0 fully saturated rings. The third kappa shape index (κ3) is 24.3. The van der Waals surface area contributed by atoms with Crippen LogP contribution in [-0.4, -0.2) is 0 Å². The molecule has 0 N–H and O–H groups in total. The maximum Gasteiger partial charge on any atom is -0.0190 e. The molecule has 0 saturated carbocycles. The fourth-order valence-corrected chi connectivity index (χ4v) is 6.07. The van der Waals surface area contributed by atoms with Gasteiger partial charge < -0.3 is 0 Å². The first kappa shape index (κ1) is 35.2. The molecule has 0 nitrogen and oxygen atoms in total. The van der Waals surface area contributed by atoms with E-state index in [1.165, 1.54) is 192 Å². The molecule has 1 aromatic rings. The second-order valence-corrected chi connectivity index (χ2v) is 12.6. The molecule has 0 radical (unpaired) electrons. The highest BCUT2D eigenvalue weighted by molar-refractivity contribution is 5.18. The maximum absolute atomic E-state index is 2.39. The molecular weight excluding hydrogens is 456 g/mol. The van der Waals surface area contributed by atoms with E-state index in [4.69, 9.17) is 0 Å². The Kier molecular flexibility index (Phi) is 27.1. The topological polar surface area (TPSA) is 0 Å². The minimum absolute atomic E-state index is 0.722. The number of hydrogen-bond acceptors (Lipinski definition) is 0. The van der Waals surface area contributed by atoms with Gasteiger partial charge in [0, 0.05) is 0 Å². The van der Waals surface area contributed by atoms with E-state index in [0.717, 1.165) is 5.92 Å². The van der Waals surface area contributed by atoms with E-state index in [-0.39, 0.29) is 0 Å². The highest BCUT2D eigenvalue weighted by atomic mass is 14.1. The van der Waals surface area contributed by atoms with Crippen LogP contribution >= 0.6 is 0 Å². The molecule has 0 aliphatic rings. The Morgan fingerprint density at radius 3 is 0.921 bits per heavy atom. The summed E-state index contributed by atoms with van der Waals surface area (Å²) in [7, 11) is 0. The van der Waals surface area contributed by atoms with Crippen LogP contribution in [0.1, 0.15) is 212 Å². The zero-order valence-electron chi connectivity index (χ0n) is 26.5. The second-order valence-electron chi connectivity index (χ2n) is 12.6. The molecule has 0 amide bonds. The normalized spacial score (nSPS) is 12.3. The summed E-state index contributed by atoms with van der Waals surface area (Å²) >= 11 is 0. The van der Waals surface area contributed by atoms with Crippen molar-refractivity contribution in [3.63, 3.8) is 0 Å². The summed E-state index contributed by atoms with van der Waals surface area (Å²) in [5.41, 5.74) is 1.51. The molecule has 0 aliphatic carbocycles. The van der Waals surface area contributed by atoms with Crippen LogP contribution in [0.5, 0.6) is 0 Å². The van der Waals surface area contributed by atoms with Crippen LogP contribution in [0.2, 0.25) is 0 Å². The van der Waals surface area contributed by atoms with Gasteiger partial charge in [-0.1, -0.05) is 224 Å². The first-order chi connectivity index (χ1) is 18.8. The van der Waals surface area contributed by atoms with Gasteiger partial charge in [-0.25, -0.2) is 0 Å². The fourth-order valence-electron chi connectivity index (χ4n) is 6.07. The van der Waals surface area contributed by atoms with Crippen molar-refractivity contribution in [2.45, 2.75) is 206 Å². The Hall–Kier alpha value is -0.780. The molecule has 1 aromatic carbocycles. The van der Waals surface area contributed by atoms with Crippen molar-refractivity contribution in [1.82, 2.24) is 0 Å².